The standard InChI is InChI=1S/C9H19N3O/c1-9(11(2)8-13)7-12-5-3-10-4-6-12/h8-10H,3-7H2,1-2H3. The molecule has 1 amide bonds. The van der Waals surface area contributed by atoms with E-state index in [-0.39, 0.29) is 0 Å². The average molecular weight is 185 g/mol. The molecule has 0 aliphatic carbocycles. The molecule has 0 bridgehead atoms. The Balaban J connectivity index is 2.25. The third-order valence-electron chi connectivity index (χ3n) is 2.59. The molecule has 0 aromatic carbocycles. The number of rotatable bonds is 4. The SMILES string of the molecule is CC(CN1CCNCC1)N(C)C=O. The minimum atomic E-state index is 0.315. The summed E-state index contributed by atoms with van der Waals surface area (Å²) in [6, 6.07) is 0.315. The van der Waals surface area contributed by atoms with Crippen molar-refractivity contribution in [1.29, 1.82) is 0 Å². The molecule has 1 N–H and O–H groups in total. The van der Waals surface area contributed by atoms with Crippen LogP contribution in [-0.4, -0.2) is 62.0 Å². The van der Waals surface area contributed by atoms with Crippen molar-refractivity contribution >= 4 is 6.41 Å². The number of hydrogen-bond donors (Lipinski definition) is 1. The number of likely N-dealkylation sites (N-methyl/N-ethyl adjacent to an activating group) is 1. The molecule has 1 unspecified atom stereocenters. The summed E-state index contributed by atoms with van der Waals surface area (Å²) in [6.07, 6.45) is 0.896. The molecule has 76 valence electrons. The van der Waals surface area contributed by atoms with Crippen LogP contribution < -0.4 is 5.32 Å². The van der Waals surface area contributed by atoms with Crippen LogP contribution in [0.5, 0.6) is 0 Å². The Kier molecular flexibility index (Phi) is 4.18. The van der Waals surface area contributed by atoms with Crippen LogP contribution in [0.15, 0.2) is 0 Å². The van der Waals surface area contributed by atoms with Crippen molar-refractivity contribution in [2.75, 3.05) is 39.8 Å². The third kappa shape index (κ3) is 3.32. The molecule has 0 aromatic heterocycles. The second-order valence-electron chi connectivity index (χ2n) is 3.67. The number of carbonyl (C=O) groups excluding carboxylic acids is 1. The molecule has 1 aliphatic heterocycles. The first-order valence-corrected chi connectivity index (χ1v) is 4.84. The lowest BCUT2D eigenvalue weighted by Gasteiger charge is -2.31. The highest BCUT2D eigenvalue weighted by atomic mass is 16.1. The summed E-state index contributed by atoms with van der Waals surface area (Å²) >= 11 is 0. The molecule has 1 atom stereocenters. The number of hydrogen-bond acceptors (Lipinski definition) is 3. The van der Waals surface area contributed by atoms with E-state index in [0.717, 1.165) is 39.1 Å². The summed E-state index contributed by atoms with van der Waals surface area (Å²) < 4.78 is 0. The van der Waals surface area contributed by atoms with Crippen molar-refractivity contribution in [2.24, 2.45) is 0 Å². The van der Waals surface area contributed by atoms with Crippen LogP contribution in [0.25, 0.3) is 0 Å². The summed E-state index contributed by atoms with van der Waals surface area (Å²) in [7, 11) is 1.83. The maximum atomic E-state index is 10.5. The van der Waals surface area contributed by atoms with Crippen molar-refractivity contribution < 1.29 is 4.79 Å². The maximum absolute atomic E-state index is 10.5. The summed E-state index contributed by atoms with van der Waals surface area (Å²) in [5.41, 5.74) is 0. The fourth-order valence-corrected chi connectivity index (χ4v) is 1.50. The van der Waals surface area contributed by atoms with Gasteiger partial charge in [-0.2, -0.15) is 0 Å². The van der Waals surface area contributed by atoms with Crippen LogP contribution >= 0.6 is 0 Å². The highest BCUT2D eigenvalue weighted by molar-refractivity contribution is 5.46. The first kappa shape index (κ1) is 10.5. The van der Waals surface area contributed by atoms with Gasteiger partial charge in [0.15, 0.2) is 0 Å². The fourth-order valence-electron chi connectivity index (χ4n) is 1.50. The first-order valence-electron chi connectivity index (χ1n) is 4.84. The van der Waals surface area contributed by atoms with Gasteiger partial charge in [-0.15, -0.1) is 0 Å². The Bertz CT molecular complexity index is 157. The molecule has 4 heteroatoms. The van der Waals surface area contributed by atoms with E-state index in [9.17, 15) is 4.79 Å². The molecule has 1 heterocycles. The molecule has 1 aliphatic rings. The van der Waals surface area contributed by atoms with E-state index >= 15 is 0 Å². The lowest BCUT2D eigenvalue weighted by atomic mass is 10.2. The fraction of sp³-hybridized carbons (Fsp3) is 0.889. The Morgan fingerprint density at radius 2 is 2.15 bits per heavy atom. The van der Waals surface area contributed by atoms with E-state index in [4.69, 9.17) is 0 Å². The van der Waals surface area contributed by atoms with Gasteiger partial charge in [0.1, 0.15) is 0 Å². The highest BCUT2D eigenvalue weighted by Crippen LogP contribution is 1.98. The molecular weight excluding hydrogens is 166 g/mol. The molecule has 1 saturated heterocycles. The van der Waals surface area contributed by atoms with Crippen molar-refractivity contribution in [1.82, 2.24) is 15.1 Å². The molecule has 0 radical (unpaired) electrons. The van der Waals surface area contributed by atoms with Crippen LogP contribution in [0, 0.1) is 0 Å². The lowest BCUT2D eigenvalue weighted by Crippen LogP contribution is -2.48. The van der Waals surface area contributed by atoms with Gasteiger partial charge in [0.25, 0.3) is 0 Å². The minimum absolute atomic E-state index is 0.315. The van der Waals surface area contributed by atoms with E-state index in [0.29, 0.717) is 6.04 Å². The molecule has 1 fully saturated rings. The molecule has 4 nitrogen and oxygen atoms in total. The normalized spacial score (nSPS) is 21.1. The smallest absolute Gasteiger partial charge is 0.209 e. The molecule has 1 rings (SSSR count). The Labute approximate surface area is 79.9 Å². The van der Waals surface area contributed by atoms with Crippen LogP contribution in [0.3, 0.4) is 0 Å². The van der Waals surface area contributed by atoms with Gasteiger partial charge >= 0.3 is 0 Å². The van der Waals surface area contributed by atoms with Crippen LogP contribution in [-0.2, 0) is 4.79 Å². The van der Waals surface area contributed by atoms with Gasteiger partial charge in [-0.3, -0.25) is 9.69 Å². The molecule has 0 spiro atoms. The van der Waals surface area contributed by atoms with Gasteiger partial charge in [0.05, 0.1) is 0 Å². The van der Waals surface area contributed by atoms with Crippen molar-refractivity contribution in [3.8, 4) is 0 Å². The molecule has 0 aromatic rings. The number of carbonyl (C=O) groups is 1. The first-order chi connectivity index (χ1) is 6.24. The second kappa shape index (κ2) is 5.19. The van der Waals surface area contributed by atoms with Crippen molar-refractivity contribution in [2.45, 2.75) is 13.0 Å². The monoisotopic (exact) mass is 185 g/mol. The third-order valence-corrected chi connectivity index (χ3v) is 2.59. The van der Waals surface area contributed by atoms with Gasteiger partial charge in [0, 0.05) is 45.8 Å². The van der Waals surface area contributed by atoms with Gasteiger partial charge in [-0.05, 0) is 6.92 Å². The zero-order valence-corrected chi connectivity index (χ0v) is 8.49. The summed E-state index contributed by atoms with van der Waals surface area (Å²) in [5, 5.41) is 3.31. The summed E-state index contributed by atoms with van der Waals surface area (Å²) in [4.78, 5) is 14.6. The quantitative estimate of drug-likeness (QED) is 0.592. The second-order valence-corrected chi connectivity index (χ2v) is 3.67. The van der Waals surface area contributed by atoms with E-state index in [1.165, 1.54) is 0 Å². The topological polar surface area (TPSA) is 35.6 Å². The Morgan fingerprint density at radius 3 is 2.69 bits per heavy atom. The van der Waals surface area contributed by atoms with Gasteiger partial charge in [0.2, 0.25) is 6.41 Å². The Hall–Kier alpha value is -0.610. The minimum Gasteiger partial charge on any atom is -0.344 e. The highest BCUT2D eigenvalue weighted by Gasteiger charge is 2.14. The average Bonchev–Trinajstić information content (AvgIpc) is 2.18. The zero-order valence-electron chi connectivity index (χ0n) is 8.49. The zero-order chi connectivity index (χ0) is 9.68. The lowest BCUT2D eigenvalue weighted by molar-refractivity contribution is -0.118. The summed E-state index contributed by atoms with van der Waals surface area (Å²) in [6.45, 7) is 7.39. The van der Waals surface area contributed by atoms with Crippen molar-refractivity contribution in [3.63, 3.8) is 0 Å². The van der Waals surface area contributed by atoms with Crippen molar-refractivity contribution in [3.05, 3.63) is 0 Å². The van der Waals surface area contributed by atoms with E-state index in [1.54, 1.807) is 4.90 Å². The van der Waals surface area contributed by atoms with E-state index in [1.807, 2.05) is 7.05 Å². The predicted molar refractivity (Wildman–Crippen MR) is 52.6 cm³/mol. The van der Waals surface area contributed by atoms with Gasteiger partial charge < -0.3 is 10.2 Å². The largest absolute Gasteiger partial charge is 0.344 e. The van der Waals surface area contributed by atoms with E-state index in [2.05, 4.69) is 17.1 Å². The number of piperazine rings is 1. The molecular formula is C9H19N3O. The summed E-state index contributed by atoms with van der Waals surface area (Å²) in [5.74, 6) is 0. The van der Waals surface area contributed by atoms with Gasteiger partial charge in [-0.1, -0.05) is 0 Å². The number of nitrogens with one attached hydrogen (secondary N) is 1. The van der Waals surface area contributed by atoms with E-state index < -0.39 is 0 Å². The van der Waals surface area contributed by atoms with Gasteiger partial charge in [-0.25, -0.2) is 0 Å². The van der Waals surface area contributed by atoms with Crippen LogP contribution in [0.1, 0.15) is 6.92 Å². The molecule has 13 heavy (non-hydrogen) atoms. The Morgan fingerprint density at radius 1 is 1.54 bits per heavy atom. The number of nitrogens with zero attached hydrogens (tertiary/aromatic N) is 2. The predicted octanol–water partition coefficient (Wildman–Crippen LogP) is -0.632. The van der Waals surface area contributed by atoms with Crippen LogP contribution in [0.4, 0.5) is 0 Å². The number of amides is 1. The van der Waals surface area contributed by atoms with Crippen LogP contribution in [0.2, 0.25) is 0 Å². The molecule has 0 saturated carbocycles. The maximum Gasteiger partial charge on any atom is 0.209 e.